The lowest BCUT2D eigenvalue weighted by Gasteiger charge is -2.26. The Balaban J connectivity index is 2.07. The van der Waals surface area contributed by atoms with Crippen LogP contribution in [0.3, 0.4) is 0 Å². The summed E-state index contributed by atoms with van der Waals surface area (Å²) in [4.78, 5) is 45.6. The van der Waals surface area contributed by atoms with Gasteiger partial charge in [-0.3, -0.25) is 14.4 Å². The van der Waals surface area contributed by atoms with Crippen LogP contribution in [0.4, 0.5) is 0 Å². The van der Waals surface area contributed by atoms with E-state index in [9.17, 15) is 19.5 Å². The highest BCUT2D eigenvalue weighted by molar-refractivity contribution is 5.82. The molecule has 1 aromatic carbocycles. The number of amides is 1. The molecule has 0 aliphatic carbocycles. The van der Waals surface area contributed by atoms with Crippen LogP contribution in [0.25, 0.3) is 11.1 Å². The van der Waals surface area contributed by atoms with Crippen LogP contribution >= 0.6 is 0 Å². The molecule has 0 bridgehead atoms. The second-order valence-corrected chi connectivity index (χ2v) is 11.7. The van der Waals surface area contributed by atoms with Crippen molar-refractivity contribution in [1.82, 2.24) is 19.8 Å². The maximum Gasteiger partial charge on any atom is 0.305 e. The minimum atomic E-state index is -1.08. The summed E-state index contributed by atoms with van der Waals surface area (Å²) in [5.74, 6) is 1.24. The van der Waals surface area contributed by atoms with Crippen molar-refractivity contribution in [2.45, 2.75) is 66.0 Å². The molecule has 8 heteroatoms. The summed E-state index contributed by atoms with van der Waals surface area (Å²) in [6.07, 6.45) is 9.87. The number of carbonyl (C=O) groups is 2. The highest BCUT2D eigenvalue weighted by Gasteiger charge is 2.28. The number of benzene rings is 1. The Labute approximate surface area is 248 Å². The summed E-state index contributed by atoms with van der Waals surface area (Å²) in [6.45, 7) is 10.6. The number of nitrogens with zero attached hydrogens (tertiary/aromatic N) is 3. The van der Waals surface area contributed by atoms with E-state index < -0.39 is 24.0 Å². The van der Waals surface area contributed by atoms with E-state index in [0.29, 0.717) is 23.2 Å². The quantitative estimate of drug-likeness (QED) is 0.302. The Kier molecular flexibility index (Phi) is 10.8. The van der Waals surface area contributed by atoms with E-state index in [0.717, 1.165) is 40.8 Å². The topological polar surface area (TPSA) is 105 Å². The Morgan fingerprint density at radius 3 is 2.36 bits per heavy atom. The van der Waals surface area contributed by atoms with Gasteiger partial charge < -0.3 is 19.9 Å². The molecule has 2 N–H and O–H groups in total. The Morgan fingerprint density at radius 2 is 1.79 bits per heavy atom. The van der Waals surface area contributed by atoms with Gasteiger partial charge in [0.15, 0.2) is 0 Å². The van der Waals surface area contributed by atoms with Gasteiger partial charge in [0.2, 0.25) is 5.91 Å². The number of hydrogen-bond acceptors (Lipinski definition) is 5. The predicted molar refractivity (Wildman–Crippen MR) is 166 cm³/mol. The van der Waals surface area contributed by atoms with Crippen LogP contribution in [0.5, 0.6) is 0 Å². The smallest absolute Gasteiger partial charge is 0.305 e. The fourth-order valence-corrected chi connectivity index (χ4v) is 5.24. The normalized spacial score (nSPS) is 12.7. The van der Waals surface area contributed by atoms with Crippen molar-refractivity contribution in [1.29, 1.82) is 0 Å². The fourth-order valence-electron chi connectivity index (χ4n) is 5.24. The number of carboxylic acid groups (broad SMARTS) is 1. The SMILES string of the molecule is C#Cc1ncc(C(CC(=O)O)NC(=O)[C@@H](CC(C)C)n2cc(CCN(C)C)c(C)cc2=O)cc1-c1c(C)cccc1C. The number of aryl methyl sites for hydroxylation is 3. The van der Waals surface area contributed by atoms with Crippen molar-refractivity contribution >= 4 is 11.9 Å². The molecule has 0 saturated heterocycles. The third-order valence-electron chi connectivity index (χ3n) is 7.45. The molecule has 222 valence electrons. The number of likely N-dealkylation sites (N-methyl/N-ethyl adjacent to an activating group) is 1. The maximum absolute atomic E-state index is 13.9. The summed E-state index contributed by atoms with van der Waals surface area (Å²) in [5, 5.41) is 12.7. The number of hydrogen-bond donors (Lipinski definition) is 2. The number of aromatic nitrogens is 2. The highest BCUT2D eigenvalue weighted by atomic mass is 16.4. The third-order valence-corrected chi connectivity index (χ3v) is 7.45. The van der Waals surface area contributed by atoms with Crippen LogP contribution in [0.2, 0.25) is 0 Å². The van der Waals surface area contributed by atoms with Crippen molar-refractivity contribution in [3.63, 3.8) is 0 Å². The molecule has 42 heavy (non-hydrogen) atoms. The Hall–Kier alpha value is -4.22. The number of aliphatic carboxylic acids is 1. The molecule has 0 aliphatic rings. The van der Waals surface area contributed by atoms with Crippen molar-refractivity contribution in [2.75, 3.05) is 20.6 Å². The van der Waals surface area contributed by atoms with Crippen molar-refractivity contribution in [2.24, 2.45) is 5.92 Å². The molecule has 2 atom stereocenters. The van der Waals surface area contributed by atoms with E-state index in [4.69, 9.17) is 6.42 Å². The lowest BCUT2D eigenvalue weighted by atomic mass is 9.92. The standard InChI is InChI=1S/C34H42N4O4/c1-9-28-27(33-22(4)11-10-12-23(33)5)17-26(19-35-28)29(18-32(40)41)36-34(42)30(15-21(2)3)38-20-25(13-14-37(7)8)24(6)16-31(38)39/h1,10-12,16-17,19-21,29-30H,13-15,18H2,2-8H3,(H,36,42)(H,40,41)/t29?,30-/m1/s1. The molecule has 1 amide bonds. The Bertz CT molecular complexity index is 1530. The summed E-state index contributed by atoms with van der Waals surface area (Å²) in [6, 6.07) is 7.61. The molecule has 0 aliphatic heterocycles. The highest BCUT2D eigenvalue weighted by Crippen LogP contribution is 2.32. The van der Waals surface area contributed by atoms with Gasteiger partial charge in [-0.25, -0.2) is 4.98 Å². The van der Waals surface area contributed by atoms with Crippen molar-refractivity contribution < 1.29 is 14.7 Å². The zero-order valence-electron chi connectivity index (χ0n) is 25.7. The van der Waals surface area contributed by atoms with Crippen LogP contribution < -0.4 is 10.9 Å². The molecule has 2 heterocycles. The summed E-state index contributed by atoms with van der Waals surface area (Å²) in [7, 11) is 3.97. The first-order valence-electron chi connectivity index (χ1n) is 14.2. The monoisotopic (exact) mass is 570 g/mol. The van der Waals surface area contributed by atoms with Crippen LogP contribution in [0.1, 0.15) is 72.3 Å². The fraction of sp³-hybridized carbons (Fsp3) is 0.412. The number of rotatable bonds is 12. The molecular weight excluding hydrogens is 528 g/mol. The number of carboxylic acids is 1. The first kappa shape index (κ1) is 32.3. The predicted octanol–water partition coefficient (Wildman–Crippen LogP) is 4.84. The summed E-state index contributed by atoms with van der Waals surface area (Å²) < 4.78 is 1.49. The van der Waals surface area contributed by atoms with Gasteiger partial charge in [0.05, 0.1) is 12.5 Å². The molecule has 3 rings (SSSR count). The molecule has 0 saturated carbocycles. The Morgan fingerprint density at radius 1 is 1.12 bits per heavy atom. The number of terminal acetylenes is 1. The molecule has 1 unspecified atom stereocenters. The van der Waals surface area contributed by atoms with Crippen LogP contribution in [-0.2, 0) is 16.0 Å². The number of carbonyl (C=O) groups excluding carboxylic acids is 1. The van der Waals surface area contributed by atoms with Crippen LogP contribution in [0, 0.1) is 39.0 Å². The van der Waals surface area contributed by atoms with Gasteiger partial charge in [0, 0.05) is 30.6 Å². The van der Waals surface area contributed by atoms with Crippen LogP contribution in [0.15, 0.2) is 47.5 Å². The lowest BCUT2D eigenvalue weighted by molar-refractivity contribution is -0.138. The minimum absolute atomic E-state index is 0.101. The van der Waals surface area contributed by atoms with Crippen LogP contribution in [-0.4, -0.2) is 52.1 Å². The van der Waals surface area contributed by atoms with Gasteiger partial charge in [-0.1, -0.05) is 32.0 Å². The van der Waals surface area contributed by atoms with E-state index in [2.05, 4.69) is 21.1 Å². The first-order valence-corrected chi connectivity index (χ1v) is 14.2. The van der Waals surface area contributed by atoms with Gasteiger partial charge >= 0.3 is 5.97 Å². The average molecular weight is 571 g/mol. The zero-order valence-corrected chi connectivity index (χ0v) is 25.7. The van der Waals surface area contributed by atoms with E-state index in [1.165, 1.54) is 10.8 Å². The van der Waals surface area contributed by atoms with Gasteiger partial charge in [-0.15, -0.1) is 6.42 Å². The van der Waals surface area contributed by atoms with Gasteiger partial charge in [-0.05, 0) is 99.0 Å². The molecule has 0 spiro atoms. The second-order valence-electron chi connectivity index (χ2n) is 11.7. The number of nitrogens with one attached hydrogen (secondary N) is 1. The first-order chi connectivity index (χ1) is 19.8. The van der Waals surface area contributed by atoms with E-state index in [1.807, 2.05) is 73.0 Å². The van der Waals surface area contributed by atoms with Gasteiger partial charge in [-0.2, -0.15) is 0 Å². The van der Waals surface area contributed by atoms with Crippen molar-refractivity contribution in [3.8, 4) is 23.5 Å². The van der Waals surface area contributed by atoms with Gasteiger partial charge in [0.1, 0.15) is 11.7 Å². The lowest BCUT2D eigenvalue weighted by Crippen LogP contribution is -2.40. The zero-order chi connectivity index (χ0) is 31.1. The summed E-state index contributed by atoms with van der Waals surface area (Å²) in [5.41, 5.74) is 6.19. The van der Waals surface area contributed by atoms with Gasteiger partial charge in [0.25, 0.3) is 5.56 Å². The second kappa shape index (κ2) is 14.1. The minimum Gasteiger partial charge on any atom is -0.481 e. The molecule has 2 aromatic heterocycles. The van der Waals surface area contributed by atoms with E-state index in [1.54, 1.807) is 12.3 Å². The average Bonchev–Trinajstić information content (AvgIpc) is 2.90. The molecule has 8 nitrogen and oxygen atoms in total. The maximum atomic E-state index is 13.9. The molecule has 3 aromatic rings. The summed E-state index contributed by atoms with van der Waals surface area (Å²) >= 11 is 0. The van der Waals surface area contributed by atoms with Crippen molar-refractivity contribution in [3.05, 3.63) is 86.6 Å². The van der Waals surface area contributed by atoms with E-state index in [-0.39, 0.29) is 17.9 Å². The largest absolute Gasteiger partial charge is 0.481 e. The number of pyridine rings is 2. The third kappa shape index (κ3) is 7.95. The molecular formula is C34H42N4O4. The molecule has 0 fully saturated rings. The molecule has 0 radical (unpaired) electrons. The van der Waals surface area contributed by atoms with E-state index >= 15 is 0 Å².